The van der Waals surface area contributed by atoms with E-state index in [1.54, 1.807) is 17.8 Å². The molecule has 1 atom stereocenters. The molecule has 3 rings (SSSR count). The second-order valence-electron chi connectivity index (χ2n) is 5.36. The quantitative estimate of drug-likeness (QED) is 0.882. The van der Waals surface area contributed by atoms with Crippen molar-refractivity contribution in [2.45, 2.75) is 42.2 Å². The Morgan fingerprint density at radius 3 is 2.85 bits per heavy atom. The van der Waals surface area contributed by atoms with Gasteiger partial charge in [-0.1, -0.05) is 0 Å². The Bertz CT molecular complexity index is 522. The van der Waals surface area contributed by atoms with E-state index >= 15 is 0 Å². The smallest absolute Gasteiger partial charge is 0.240 e. The predicted octanol–water partition coefficient (Wildman–Crippen LogP) is 2.78. The van der Waals surface area contributed by atoms with Crippen LogP contribution in [0.5, 0.6) is 0 Å². The maximum absolute atomic E-state index is 13.4. The van der Waals surface area contributed by atoms with Crippen LogP contribution < -0.4 is 11.1 Å². The first kappa shape index (κ1) is 15.6. The second kappa shape index (κ2) is 5.92. The second-order valence-corrected chi connectivity index (χ2v) is 6.49. The first-order valence-corrected chi connectivity index (χ1v) is 7.59. The summed E-state index contributed by atoms with van der Waals surface area (Å²) in [4.78, 5) is 13.2. The van der Waals surface area contributed by atoms with Crippen LogP contribution in [0, 0.1) is 5.82 Å². The van der Waals surface area contributed by atoms with Crippen molar-refractivity contribution in [2.24, 2.45) is 5.73 Å². The van der Waals surface area contributed by atoms with E-state index in [1.807, 2.05) is 0 Å². The van der Waals surface area contributed by atoms with Crippen molar-refractivity contribution in [1.29, 1.82) is 0 Å². The number of carbonyl (C=O) groups is 1. The third kappa shape index (κ3) is 2.80. The zero-order valence-electron chi connectivity index (χ0n) is 11.0. The molecule has 2 aliphatic rings. The van der Waals surface area contributed by atoms with E-state index in [0.717, 1.165) is 41.9 Å². The Morgan fingerprint density at radius 1 is 1.45 bits per heavy atom. The molecule has 1 fully saturated rings. The Kier molecular flexibility index (Phi) is 4.62. The summed E-state index contributed by atoms with van der Waals surface area (Å²) in [5, 5.41) is 3.00. The molecule has 0 spiro atoms. The predicted molar refractivity (Wildman–Crippen MR) is 80.6 cm³/mol. The molecule has 1 aromatic rings. The van der Waals surface area contributed by atoms with Crippen molar-refractivity contribution in [1.82, 2.24) is 5.32 Å². The van der Waals surface area contributed by atoms with Gasteiger partial charge in [-0.05, 0) is 49.4 Å². The topological polar surface area (TPSA) is 55.1 Å². The van der Waals surface area contributed by atoms with Gasteiger partial charge in [-0.25, -0.2) is 4.39 Å². The molecule has 1 amide bonds. The molecule has 0 aromatic heterocycles. The van der Waals surface area contributed by atoms with Crippen LogP contribution in [0.25, 0.3) is 0 Å². The van der Waals surface area contributed by atoms with Crippen LogP contribution in [-0.4, -0.2) is 17.2 Å². The fraction of sp³-hybridized carbons (Fsp3) is 0.500. The zero-order valence-corrected chi connectivity index (χ0v) is 12.7. The maximum Gasteiger partial charge on any atom is 0.240 e. The Labute approximate surface area is 128 Å². The molecular formula is C14H18ClFN2OS. The van der Waals surface area contributed by atoms with Gasteiger partial charge < -0.3 is 11.1 Å². The highest BCUT2D eigenvalue weighted by molar-refractivity contribution is 7.99. The lowest BCUT2D eigenvalue weighted by molar-refractivity contribution is -0.130. The van der Waals surface area contributed by atoms with Gasteiger partial charge in [-0.2, -0.15) is 0 Å². The normalized spacial score (nSPS) is 23.0. The summed E-state index contributed by atoms with van der Waals surface area (Å²) in [5.41, 5.74) is 6.21. The number of carbonyl (C=O) groups excluding carboxylic acids is 1. The highest BCUT2D eigenvalue weighted by Crippen LogP contribution is 2.37. The number of benzene rings is 1. The highest BCUT2D eigenvalue weighted by Gasteiger charge is 2.41. The lowest BCUT2D eigenvalue weighted by Crippen LogP contribution is -2.59. The molecule has 3 nitrogen and oxygen atoms in total. The maximum atomic E-state index is 13.4. The molecule has 6 heteroatoms. The SMILES string of the molecule is Cl.NC1(C(=O)NC2CCSc3ccc(F)cc32)CCC1. The molecule has 1 aromatic carbocycles. The van der Waals surface area contributed by atoms with Crippen LogP contribution >= 0.6 is 24.2 Å². The lowest BCUT2D eigenvalue weighted by Gasteiger charge is -2.38. The third-order valence-electron chi connectivity index (χ3n) is 4.01. The van der Waals surface area contributed by atoms with E-state index in [9.17, 15) is 9.18 Å². The van der Waals surface area contributed by atoms with Crippen molar-refractivity contribution < 1.29 is 9.18 Å². The number of thioether (sulfide) groups is 1. The Balaban J connectivity index is 0.00000147. The van der Waals surface area contributed by atoms with Crippen molar-refractivity contribution in [3.05, 3.63) is 29.6 Å². The summed E-state index contributed by atoms with van der Waals surface area (Å²) in [6.07, 6.45) is 3.32. The molecule has 1 unspecified atom stereocenters. The van der Waals surface area contributed by atoms with Gasteiger partial charge in [-0.15, -0.1) is 24.2 Å². The fourth-order valence-corrected chi connectivity index (χ4v) is 3.71. The van der Waals surface area contributed by atoms with E-state index in [4.69, 9.17) is 5.73 Å². The van der Waals surface area contributed by atoms with Crippen LogP contribution in [-0.2, 0) is 4.79 Å². The van der Waals surface area contributed by atoms with Gasteiger partial charge in [0.15, 0.2) is 0 Å². The number of nitrogens with one attached hydrogen (secondary N) is 1. The van der Waals surface area contributed by atoms with E-state index in [0.29, 0.717) is 0 Å². The Morgan fingerprint density at radius 2 is 2.20 bits per heavy atom. The molecule has 1 aliphatic heterocycles. The largest absolute Gasteiger partial charge is 0.348 e. The summed E-state index contributed by atoms with van der Waals surface area (Å²) in [6, 6.07) is 4.67. The summed E-state index contributed by atoms with van der Waals surface area (Å²) in [5.74, 6) is 0.582. The molecule has 1 aliphatic carbocycles. The Hall–Kier alpha value is -0.780. The summed E-state index contributed by atoms with van der Waals surface area (Å²) >= 11 is 1.71. The number of rotatable bonds is 2. The van der Waals surface area contributed by atoms with Gasteiger partial charge in [0.05, 0.1) is 11.6 Å². The van der Waals surface area contributed by atoms with Gasteiger partial charge in [0.25, 0.3) is 0 Å². The zero-order chi connectivity index (χ0) is 13.5. The molecule has 1 saturated carbocycles. The number of amides is 1. The van der Waals surface area contributed by atoms with E-state index in [1.165, 1.54) is 12.1 Å². The molecule has 3 N–H and O–H groups in total. The molecule has 0 radical (unpaired) electrons. The van der Waals surface area contributed by atoms with E-state index in [2.05, 4.69) is 5.32 Å². The number of hydrogen-bond donors (Lipinski definition) is 2. The fourth-order valence-electron chi connectivity index (χ4n) is 2.60. The average Bonchev–Trinajstić information content (AvgIpc) is 2.36. The first-order chi connectivity index (χ1) is 9.08. The van der Waals surface area contributed by atoms with Gasteiger partial charge in [0, 0.05) is 10.6 Å². The van der Waals surface area contributed by atoms with Crippen LogP contribution in [0.4, 0.5) is 4.39 Å². The highest BCUT2D eigenvalue weighted by atomic mass is 35.5. The average molecular weight is 317 g/mol. The van der Waals surface area contributed by atoms with Crippen LogP contribution in [0.3, 0.4) is 0 Å². The van der Waals surface area contributed by atoms with Crippen LogP contribution in [0.1, 0.15) is 37.3 Å². The monoisotopic (exact) mass is 316 g/mol. The van der Waals surface area contributed by atoms with Crippen LogP contribution in [0.15, 0.2) is 23.1 Å². The van der Waals surface area contributed by atoms with Gasteiger partial charge in [-0.3, -0.25) is 4.79 Å². The van der Waals surface area contributed by atoms with Crippen molar-refractivity contribution in [3.8, 4) is 0 Å². The standard InChI is InChI=1S/C14H17FN2OS.ClH/c15-9-2-3-12-10(8-9)11(4-7-19-12)17-13(18)14(16)5-1-6-14;/h2-3,8,11H,1,4-7,16H2,(H,17,18);1H. The molecule has 0 saturated heterocycles. The molecule has 110 valence electrons. The summed E-state index contributed by atoms with van der Waals surface area (Å²) in [6.45, 7) is 0. The molecule has 0 bridgehead atoms. The van der Waals surface area contributed by atoms with Crippen molar-refractivity contribution >= 4 is 30.1 Å². The summed E-state index contributed by atoms with van der Waals surface area (Å²) < 4.78 is 13.4. The van der Waals surface area contributed by atoms with Gasteiger partial charge in [0.2, 0.25) is 5.91 Å². The lowest BCUT2D eigenvalue weighted by atomic mass is 9.77. The minimum absolute atomic E-state index is 0. The van der Waals surface area contributed by atoms with Gasteiger partial charge >= 0.3 is 0 Å². The van der Waals surface area contributed by atoms with Crippen molar-refractivity contribution in [2.75, 3.05) is 5.75 Å². The van der Waals surface area contributed by atoms with Crippen LogP contribution in [0.2, 0.25) is 0 Å². The first-order valence-electron chi connectivity index (χ1n) is 6.61. The molecule has 1 heterocycles. The van der Waals surface area contributed by atoms with E-state index in [-0.39, 0.29) is 30.2 Å². The number of fused-ring (bicyclic) bond motifs is 1. The third-order valence-corrected chi connectivity index (χ3v) is 5.14. The van der Waals surface area contributed by atoms with Gasteiger partial charge in [0.1, 0.15) is 5.82 Å². The van der Waals surface area contributed by atoms with E-state index < -0.39 is 5.54 Å². The molecule has 20 heavy (non-hydrogen) atoms. The summed E-state index contributed by atoms with van der Waals surface area (Å²) in [7, 11) is 0. The minimum atomic E-state index is -0.696. The minimum Gasteiger partial charge on any atom is -0.348 e. The number of halogens is 2. The number of hydrogen-bond acceptors (Lipinski definition) is 3. The van der Waals surface area contributed by atoms with Crippen molar-refractivity contribution in [3.63, 3.8) is 0 Å². The number of nitrogens with two attached hydrogens (primary N) is 1. The molecular weight excluding hydrogens is 299 g/mol.